The molecule has 1 heterocycles. The molecule has 1 unspecified atom stereocenters. The maximum Gasteiger partial charge on any atom is 0.241 e. The third-order valence-electron chi connectivity index (χ3n) is 4.56. The molecule has 4 aromatic rings. The van der Waals surface area contributed by atoms with Crippen LogP contribution in [0.15, 0.2) is 90.3 Å². The Balaban J connectivity index is 1.56. The second-order valence-corrected chi connectivity index (χ2v) is 8.13. The molecule has 1 aromatic heterocycles. The summed E-state index contributed by atoms with van der Waals surface area (Å²) in [6, 6.07) is 20.2. The van der Waals surface area contributed by atoms with E-state index in [0.29, 0.717) is 0 Å². The van der Waals surface area contributed by atoms with Crippen molar-refractivity contribution < 1.29 is 8.42 Å². The average molecular weight is 377 g/mol. The molecule has 0 saturated carbocycles. The number of rotatable bonds is 5. The molecule has 0 saturated heterocycles. The zero-order valence-electron chi connectivity index (χ0n) is 14.8. The number of hydrogen-bond acceptors (Lipinski definition) is 3. The number of hydrogen-bond donors (Lipinski definition) is 1. The third-order valence-corrected chi connectivity index (χ3v) is 6.10. The monoisotopic (exact) mass is 377 g/mol. The van der Waals surface area contributed by atoms with Crippen molar-refractivity contribution in [2.75, 3.05) is 0 Å². The van der Waals surface area contributed by atoms with Crippen molar-refractivity contribution in [2.45, 2.75) is 17.9 Å². The number of imidazole rings is 1. The highest BCUT2D eigenvalue weighted by molar-refractivity contribution is 7.89. The van der Waals surface area contributed by atoms with Gasteiger partial charge in [0, 0.05) is 24.1 Å². The van der Waals surface area contributed by atoms with Gasteiger partial charge in [-0.15, -0.1) is 0 Å². The molecule has 0 fully saturated rings. The smallest absolute Gasteiger partial charge is 0.241 e. The second-order valence-electron chi connectivity index (χ2n) is 6.41. The van der Waals surface area contributed by atoms with Gasteiger partial charge in [-0.3, -0.25) is 0 Å². The maximum absolute atomic E-state index is 12.8. The van der Waals surface area contributed by atoms with Crippen LogP contribution in [-0.4, -0.2) is 18.0 Å². The van der Waals surface area contributed by atoms with Crippen LogP contribution in [0.2, 0.25) is 0 Å². The molecule has 4 rings (SSSR count). The van der Waals surface area contributed by atoms with E-state index < -0.39 is 10.0 Å². The van der Waals surface area contributed by atoms with Crippen molar-refractivity contribution in [1.29, 1.82) is 0 Å². The van der Waals surface area contributed by atoms with E-state index in [1.807, 2.05) is 72.3 Å². The lowest BCUT2D eigenvalue weighted by atomic mass is 10.1. The summed E-state index contributed by atoms with van der Waals surface area (Å²) in [4.78, 5) is 4.30. The first kappa shape index (κ1) is 17.5. The van der Waals surface area contributed by atoms with E-state index in [9.17, 15) is 8.42 Å². The summed E-state index contributed by atoms with van der Waals surface area (Å²) in [6.07, 6.45) is 5.30. The molecular formula is C21H19N3O2S. The highest BCUT2D eigenvalue weighted by Gasteiger charge is 2.18. The average Bonchev–Trinajstić information content (AvgIpc) is 3.22. The van der Waals surface area contributed by atoms with Crippen LogP contribution in [0.5, 0.6) is 0 Å². The molecule has 27 heavy (non-hydrogen) atoms. The minimum absolute atomic E-state index is 0.267. The number of benzene rings is 3. The van der Waals surface area contributed by atoms with E-state index in [4.69, 9.17) is 0 Å². The lowest BCUT2D eigenvalue weighted by molar-refractivity contribution is 0.567. The van der Waals surface area contributed by atoms with Crippen LogP contribution in [0, 0.1) is 0 Å². The van der Waals surface area contributed by atoms with Gasteiger partial charge in [0.2, 0.25) is 10.0 Å². The first-order chi connectivity index (χ1) is 13.0. The standard InChI is InChI=1S/C21H19N3O2S/c1-16(17-6-9-20(10-7-17)24-13-12-22-15-24)23-27(25,26)21-11-8-18-4-2-3-5-19(18)14-21/h2-16,23H,1H3. The minimum Gasteiger partial charge on any atom is -0.306 e. The van der Waals surface area contributed by atoms with E-state index in [2.05, 4.69) is 9.71 Å². The second kappa shape index (κ2) is 6.98. The van der Waals surface area contributed by atoms with Crippen LogP contribution in [0.1, 0.15) is 18.5 Å². The Bertz CT molecular complexity index is 1170. The van der Waals surface area contributed by atoms with Crippen LogP contribution in [0.4, 0.5) is 0 Å². The molecule has 136 valence electrons. The van der Waals surface area contributed by atoms with Crippen LogP contribution in [0.3, 0.4) is 0 Å². The predicted molar refractivity (Wildman–Crippen MR) is 106 cm³/mol. The van der Waals surface area contributed by atoms with Crippen LogP contribution in [-0.2, 0) is 10.0 Å². The van der Waals surface area contributed by atoms with Crippen molar-refractivity contribution in [3.63, 3.8) is 0 Å². The fourth-order valence-electron chi connectivity index (χ4n) is 3.05. The van der Waals surface area contributed by atoms with Crippen molar-refractivity contribution >= 4 is 20.8 Å². The number of nitrogens with zero attached hydrogens (tertiary/aromatic N) is 2. The van der Waals surface area contributed by atoms with Gasteiger partial charge in [-0.05, 0) is 47.5 Å². The maximum atomic E-state index is 12.8. The Kier molecular flexibility index (Phi) is 4.51. The van der Waals surface area contributed by atoms with Crippen molar-refractivity contribution in [3.8, 4) is 5.69 Å². The van der Waals surface area contributed by atoms with Gasteiger partial charge in [-0.2, -0.15) is 0 Å². The normalized spacial score (nSPS) is 12.9. The molecule has 0 radical (unpaired) electrons. The summed E-state index contributed by atoms with van der Waals surface area (Å²) in [7, 11) is -3.62. The van der Waals surface area contributed by atoms with E-state index in [-0.39, 0.29) is 10.9 Å². The van der Waals surface area contributed by atoms with Crippen molar-refractivity contribution in [1.82, 2.24) is 14.3 Å². The van der Waals surface area contributed by atoms with Gasteiger partial charge in [-0.25, -0.2) is 18.1 Å². The highest BCUT2D eigenvalue weighted by atomic mass is 32.2. The summed E-state index contributed by atoms with van der Waals surface area (Å²) >= 11 is 0. The molecule has 0 bridgehead atoms. The van der Waals surface area contributed by atoms with Crippen LogP contribution < -0.4 is 4.72 Å². The molecule has 3 aromatic carbocycles. The minimum atomic E-state index is -3.62. The zero-order chi connectivity index (χ0) is 18.9. The van der Waals surface area contributed by atoms with Gasteiger partial charge in [0.15, 0.2) is 0 Å². The van der Waals surface area contributed by atoms with Crippen molar-refractivity contribution in [3.05, 3.63) is 91.0 Å². The molecular weight excluding hydrogens is 358 g/mol. The quantitative estimate of drug-likeness (QED) is 0.570. The molecule has 0 aliphatic carbocycles. The van der Waals surface area contributed by atoms with Gasteiger partial charge < -0.3 is 4.57 Å². The number of nitrogens with one attached hydrogen (secondary N) is 1. The van der Waals surface area contributed by atoms with Gasteiger partial charge in [0.25, 0.3) is 0 Å². The lowest BCUT2D eigenvalue weighted by Gasteiger charge is -2.15. The van der Waals surface area contributed by atoms with Gasteiger partial charge in [0.1, 0.15) is 0 Å². The zero-order valence-corrected chi connectivity index (χ0v) is 15.6. The van der Waals surface area contributed by atoms with Crippen LogP contribution >= 0.6 is 0 Å². The molecule has 0 aliphatic rings. The summed E-state index contributed by atoms with van der Waals surface area (Å²) < 4.78 is 30.2. The predicted octanol–water partition coefficient (Wildman–Crippen LogP) is 4.07. The first-order valence-corrected chi connectivity index (χ1v) is 10.1. The Labute approximate surface area is 158 Å². The first-order valence-electron chi connectivity index (χ1n) is 8.62. The Morgan fingerprint density at radius 3 is 2.41 bits per heavy atom. The molecule has 0 spiro atoms. The summed E-state index contributed by atoms with van der Waals surface area (Å²) in [6.45, 7) is 1.84. The molecule has 1 N–H and O–H groups in total. The SMILES string of the molecule is CC(NS(=O)(=O)c1ccc2ccccc2c1)c1ccc(-n2ccnc2)cc1. The van der Waals surface area contributed by atoms with Gasteiger partial charge in [-0.1, -0.05) is 42.5 Å². The highest BCUT2D eigenvalue weighted by Crippen LogP contribution is 2.22. The fourth-order valence-corrected chi connectivity index (χ4v) is 4.32. The van der Waals surface area contributed by atoms with Gasteiger partial charge in [0.05, 0.1) is 11.2 Å². The molecule has 6 heteroatoms. The molecule has 0 aliphatic heterocycles. The topological polar surface area (TPSA) is 64.0 Å². The Morgan fingerprint density at radius 2 is 1.70 bits per heavy atom. The summed E-state index contributed by atoms with van der Waals surface area (Å²) in [5.74, 6) is 0. The molecule has 1 atom stereocenters. The Morgan fingerprint density at radius 1 is 0.963 bits per heavy atom. The van der Waals surface area contributed by atoms with Crippen molar-refractivity contribution in [2.24, 2.45) is 0 Å². The van der Waals surface area contributed by atoms with Crippen LogP contribution in [0.25, 0.3) is 16.5 Å². The number of fused-ring (bicyclic) bond motifs is 1. The summed E-state index contributed by atoms with van der Waals surface area (Å²) in [5, 5.41) is 1.91. The lowest BCUT2D eigenvalue weighted by Crippen LogP contribution is -2.26. The largest absolute Gasteiger partial charge is 0.306 e. The fraction of sp³-hybridized carbons (Fsp3) is 0.0952. The molecule has 0 amide bonds. The Hall–Kier alpha value is -2.96. The molecule has 5 nitrogen and oxygen atoms in total. The number of sulfonamides is 1. The summed E-state index contributed by atoms with van der Waals surface area (Å²) in [5.41, 5.74) is 1.86. The van der Waals surface area contributed by atoms with E-state index in [0.717, 1.165) is 22.0 Å². The third kappa shape index (κ3) is 3.63. The van der Waals surface area contributed by atoms with Gasteiger partial charge >= 0.3 is 0 Å². The van der Waals surface area contributed by atoms with E-state index in [1.165, 1.54) is 0 Å². The number of aromatic nitrogens is 2. The van der Waals surface area contributed by atoms with E-state index >= 15 is 0 Å². The van der Waals surface area contributed by atoms with E-state index in [1.54, 1.807) is 24.7 Å².